The number of amides is 2. The van der Waals surface area contributed by atoms with Crippen LogP contribution in [0, 0.1) is 15.3 Å². The van der Waals surface area contributed by atoms with Gasteiger partial charge < -0.3 is 15.8 Å². The average Bonchev–Trinajstić information content (AvgIpc) is 2.42. The first-order valence-corrected chi connectivity index (χ1v) is 7.61. The summed E-state index contributed by atoms with van der Waals surface area (Å²) in [6.45, 7) is 0. The van der Waals surface area contributed by atoms with Crippen LogP contribution in [0.5, 0.6) is 0 Å². The second-order valence-corrected chi connectivity index (χ2v) is 6.06. The number of nitrogens with zero attached hydrogens (tertiary/aromatic N) is 1. The number of hydrogen-bond donors (Lipinski definition) is 2. The quantitative estimate of drug-likeness (QED) is 0.753. The standard InChI is InChI=1S/C13H15FIN3O3/c14-9-6-17-11(5-10(9)15)18-12(19)7-2-1-3-8(4-7)21-13(16)20/h5-8H,1-4H2,(H2,16,20)(H,17,18,19)/t7-,8+/m1/s1. The summed E-state index contributed by atoms with van der Waals surface area (Å²) >= 11 is 1.83. The van der Waals surface area contributed by atoms with Crippen molar-refractivity contribution in [2.45, 2.75) is 31.8 Å². The van der Waals surface area contributed by atoms with Crippen molar-refractivity contribution in [2.75, 3.05) is 5.32 Å². The zero-order valence-corrected chi connectivity index (χ0v) is 13.3. The normalized spacial score (nSPS) is 21.6. The van der Waals surface area contributed by atoms with Gasteiger partial charge >= 0.3 is 6.09 Å². The van der Waals surface area contributed by atoms with Crippen molar-refractivity contribution in [2.24, 2.45) is 11.7 Å². The third-order valence-electron chi connectivity index (χ3n) is 3.34. The number of anilines is 1. The van der Waals surface area contributed by atoms with E-state index < -0.39 is 11.9 Å². The van der Waals surface area contributed by atoms with Crippen LogP contribution in [0.15, 0.2) is 12.3 Å². The van der Waals surface area contributed by atoms with Gasteiger partial charge in [-0.2, -0.15) is 0 Å². The molecule has 1 aromatic heterocycles. The number of carbonyl (C=O) groups is 2. The first kappa shape index (κ1) is 15.9. The average molecular weight is 407 g/mol. The van der Waals surface area contributed by atoms with Crippen LogP contribution in [-0.4, -0.2) is 23.1 Å². The van der Waals surface area contributed by atoms with Crippen LogP contribution in [-0.2, 0) is 9.53 Å². The van der Waals surface area contributed by atoms with E-state index in [2.05, 4.69) is 10.3 Å². The minimum atomic E-state index is -0.823. The summed E-state index contributed by atoms with van der Waals surface area (Å²) in [7, 11) is 0. The van der Waals surface area contributed by atoms with Crippen molar-refractivity contribution in [3.8, 4) is 0 Å². The second-order valence-electron chi connectivity index (χ2n) is 4.90. The lowest BCUT2D eigenvalue weighted by Crippen LogP contribution is -2.33. The summed E-state index contributed by atoms with van der Waals surface area (Å²) in [6.07, 6.45) is 2.56. The highest BCUT2D eigenvalue weighted by molar-refractivity contribution is 14.1. The predicted octanol–water partition coefficient (Wildman–Crippen LogP) is 2.42. The molecule has 0 unspecified atom stereocenters. The molecule has 6 nitrogen and oxygen atoms in total. The van der Waals surface area contributed by atoms with E-state index in [1.807, 2.05) is 22.6 Å². The van der Waals surface area contributed by atoms with E-state index >= 15 is 0 Å². The first-order valence-electron chi connectivity index (χ1n) is 6.53. The molecule has 1 fully saturated rings. The van der Waals surface area contributed by atoms with Gasteiger partial charge in [-0.15, -0.1) is 0 Å². The molecule has 1 heterocycles. The van der Waals surface area contributed by atoms with E-state index in [0.717, 1.165) is 12.6 Å². The minimum Gasteiger partial charge on any atom is -0.446 e. The molecule has 0 saturated heterocycles. The molecule has 2 rings (SSSR count). The fourth-order valence-corrected chi connectivity index (χ4v) is 2.80. The Balaban J connectivity index is 1.96. The molecule has 3 N–H and O–H groups in total. The molecule has 0 spiro atoms. The Labute approximate surface area is 134 Å². The molecule has 2 atom stereocenters. The van der Waals surface area contributed by atoms with E-state index in [9.17, 15) is 14.0 Å². The molecular weight excluding hydrogens is 392 g/mol. The van der Waals surface area contributed by atoms with Crippen molar-refractivity contribution in [3.05, 3.63) is 21.7 Å². The largest absolute Gasteiger partial charge is 0.446 e. The maximum absolute atomic E-state index is 13.1. The maximum Gasteiger partial charge on any atom is 0.404 e. The number of nitrogens with two attached hydrogens (primary N) is 1. The molecule has 2 amide bonds. The van der Waals surface area contributed by atoms with Crippen LogP contribution >= 0.6 is 22.6 Å². The summed E-state index contributed by atoms with van der Waals surface area (Å²) in [5.41, 5.74) is 4.99. The lowest BCUT2D eigenvalue weighted by molar-refractivity contribution is -0.122. The van der Waals surface area contributed by atoms with Crippen molar-refractivity contribution in [3.63, 3.8) is 0 Å². The fraction of sp³-hybridized carbons (Fsp3) is 0.462. The molecule has 1 aromatic rings. The van der Waals surface area contributed by atoms with Crippen LogP contribution in [0.4, 0.5) is 15.0 Å². The summed E-state index contributed by atoms with van der Waals surface area (Å²) in [5.74, 6) is -0.597. The molecule has 8 heteroatoms. The van der Waals surface area contributed by atoms with E-state index in [-0.39, 0.29) is 17.9 Å². The molecule has 21 heavy (non-hydrogen) atoms. The zero-order chi connectivity index (χ0) is 15.4. The van der Waals surface area contributed by atoms with Crippen LogP contribution in [0.2, 0.25) is 0 Å². The molecule has 114 valence electrons. The lowest BCUT2D eigenvalue weighted by Gasteiger charge is -2.27. The zero-order valence-electron chi connectivity index (χ0n) is 11.1. The Morgan fingerprint density at radius 1 is 1.48 bits per heavy atom. The number of primary amides is 1. The van der Waals surface area contributed by atoms with Gasteiger partial charge in [-0.3, -0.25) is 4.79 Å². The van der Waals surface area contributed by atoms with Crippen LogP contribution in [0.3, 0.4) is 0 Å². The summed E-state index contributed by atoms with van der Waals surface area (Å²) < 4.78 is 18.5. The van der Waals surface area contributed by atoms with Crippen molar-refractivity contribution >= 4 is 40.4 Å². The van der Waals surface area contributed by atoms with E-state index in [1.165, 1.54) is 6.07 Å². The van der Waals surface area contributed by atoms with Gasteiger partial charge in [-0.05, 0) is 54.3 Å². The van der Waals surface area contributed by atoms with E-state index in [0.29, 0.717) is 28.7 Å². The predicted molar refractivity (Wildman–Crippen MR) is 82.0 cm³/mol. The van der Waals surface area contributed by atoms with E-state index in [4.69, 9.17) is 10.5 Å². The Morgan fingerprint density at radius 2 is 2.24 bits per heavy atom. The summed E-state index contributed by atoms with van der Waals surface area (Å²) in [6, 6.07) is 1.47. The van der Waals surface area contributed by atoms with Crippen molar-refractivity contribution < 1.29 is 18.7 Å². The molecule has 0 aromatic carbocycles. The molecular formula is C13H15FIN3O3. The molecule has 0 aliphatic heterocycles. The molecule has 1 aliphatic carbocycles. The first-order chi connectivity index (χ1) is 9.95. The summed E-state index contributed by atoms with van der Waals surface area (Å²) in [4.78, 5) is 26.8. The monoisotopic (exact) mass is 407 g/mol. The van der Waals surface area contributed by atoms with Gasteiger partial charge in [0.05, 0.1) is 9.77 Å². The molecule has 1 saturated carbocycles. The number of ether oxygens (including phenoxy) is 1. The number of pyridine rings is 1. The van der Waals surface area contributed by atoms with Gasteiger partial charge in [0.15, 0.2) is 5.82 Å². The highest BCUT2D eigenvalue weighted by Gasteiger charge is 2.29. The number of nitrogens with one attached hydrogen (secondary N) is 1. The number of rotatable bonds is 3. The van der Waals surface area contributed by atoms with Gasteiger partial charge in [-0.1, -0.05) is 0 Å². The Kier molecular flexibility index (Phi) is 5.32. The molecule has 0 bridgehead atoms. The van der Waals surface area contributed by atoms with Gasteiger partial charge in [0.2, 0.25) is 5.91 Å². The molecule has 1 aliphatic rings. The fourth-order valence-electron chi connectivity index (χ4n) is 2.37. The minimum absolute atomic E-state index is 0.206. The lowest BCUT2D eigenvalue weighted by atomic mass is 9.86. The number of hydrogen-bond acceptors (Lipinski definition) is 4. The highest BCUT2D eigenvalue weighted by Crippen LogP contribution is 2.27. The van der Waals surface area contributed by atoms with Gasteiger partial charge in [-0.25, -0.2) is 14.2 Å². The van der Waals surface area contributed by atoms with Gasteiger partial charge in [0.1, 0.15) is 11.9 Å². The SMILES string of the molecule is NC(=O)O[C@H]1CCC[C@@H](C(=O)Nc2cc(I)c(F)cn2)C1. The number of aromatic nitrogens is 1. The summed E-state index contributed by atoms with van der Waals surface area (Å²) in [5, 5.41) is 2.66. The van der Waals surface area contributed by atoms with Crippen molar-refractivity contribution in [1.82, 2.24) is 4.98 Å². The van der Waals surface area contributed by atoms with E-state index in [1.54, 1.807) is 0 Å². The molecule has 0 radical (unpaired) electrons. The number of carbonyl (C=O) groups excluding carboxylic acids is 2. The third-order valence-corrected chi connectivity index (χ3v) is 4.17. The Hall–Kier alpha value is -1.45. The maximum atomic E-state index is 13.1. The smallest absolute Gasteiger partial charge is 0.404 e. The highest BCUT2D eigenvalue weighted by atomic mass is 127. The Morgan fingerprint density at radius 3 is 2.90 bits per heavy atom. The second kappa shape index (κ2) is 7.01. The van der Waals surface area contributed by atoms with Gasteiger partial charge in [0.25, 0.3) is 0 Å². The van der Waals surface area contributed by atoms with Crippen LogP contribution in [0.25, 0.3) is 0 Å². The van der Waals surface area contributed by atoms with Crippen molar-refractivity contribution in [1.29, 1.82) is 0 Å². The van der Waals surface area contributed by atoms with Crippen LogP contribution in [0.1, 0.15) is 25.7 Å². The third kappa shape index (κ3) is 4.51. The van der Waals surface area contributed by atoms with Gasteiger partial charge in [0, 0.05) is 5.92 Å². The topological polar surface area (TPSA) is 94.3 Å². The Bertz CT molecular complexity index is 555. The number of halogens is 2. The van der Waals surface area contributed by atoms with Crippen LogP contribution < -0.4 is 11.1 Å².